The molecule has 0 aliphatic heterocycles. The summed E-state index contributed by atoms with van der Waals surface area (Å²) in [6, 6.07) is 4.68. The molecule has 0 atom stereocenters. The third-order valence-corrected chi connectivity index (χ3v) is 3.07. The largest absolute Gasteiger partial charge is 0.330 e. The number of aromatic nitrogens is 1. The molecule has 2 N–H and O–H groups in total. The Labute approximate surface area is 85.6 Å². The molecule has 0 spiro atoms. The van der Waals surface area contributed by atoms with Gasteiger partial charge in [0, 0.05) is 6.42 Å². The van der Waals surface area contributed by atoms with Crippen LogP contribution in [0.2, 0.25) is 0 Å². The number of nitrogens with two attached hydrogens (primary N) is 1. The van der Waals surface area contributed by atoms with Crippen LogP contribution in [-0.2, 0) is 6.42 Å². The molecule has 0 radical (unpaired) electrons. The number of hydrogen-bond donors (Lipinski definition) is 1. The van der Waals surface area contributed by atoms with Crippen LogP contribution >= 0.6 is 11.3 Å². The number of nitrogens with zero attached hydrogens (tertiary/aromatic N) is 1. The number of thiazole rings is 1. The van der Waals surface area contributed by atoms with Crippen LogP contribution in [0, 0.1) is 5.82 Å². The Morgan fingerprint density at radius 2 is 2.29 bits per heavy atom. The molecule has 0 saturated heterocycles. The van der Waals surface area contributed by atoms with E-state index >= 15 is 0 Å². The van der Waals surface area contributed by atoms with E-state index in [2.05, 4.69) is 4.98 Å². The van der Waals surface area contributed by atoms with Gasteiger partial charge in [-0.25, -0.2) is 9.37 Å². The summed E-state index contributed by atoms with van der Waals surface area (Å²) in [6.07, 6.45) is 1.82. The highest BCUT2D eigenvalue weighted by Gasteiger charge is 2.03. The molecular weight excluding hydrogens is 199 g/mol. The third kappa shape index (κ3) is 1.91. The summed E-state index contributed by atoms with van der Waals surface area (Å²) in [5, 5.41) is 1.04. The topological polar surface area (TPSA) is 38.9 Å². The van der Waals surface area contributed by atoms with Crippen molar-refractivity contribution in [3.63, 3.8) is 0 Å². The van der Waals surface area contributed by atoms with E-state index in [1.807, 2.05) is 0 Å². The molecule has 1 aromatic heterocycles. The average Bonchev–Trinajstić information content (AvgIpc) is 2.56. The lowest BCUT2D eigenvalue weighted by molar-refractivity contribution is 0.630. The maximum absolute atomic E-state index is 12.9. The summed E-state index contributed by atoms with van der Waals surface area (Å²) in [5.41, 5.74) is 6.29. The lowest BCUT2D eigenvalue weighted by Gasteiger charge is -1.89. The van der Waals surface area contributed by atoms with Gasteiger partial charge in [0.25, 0.3) is 0 Å². The highest BCUT2D eigenvalue weighted by atomic mass is 32.1. The zero-order chi connectivity index (χ0) is 9.97. The Kier molecular flexibility index (Phi) is 2.74. The Morgan fingerprint density at radius 3 is 3.07 bits per heavy atom. The number of hydrogen-bond acceptors (Lipinski definition) is 3. The molecule has 4 heteroatoms. The highest BCUT2D eigenvalue weighted by Crippen LogP contribution is 2.23. The van der Waals surface area contributed by atoms with Crippen molar-refractivity contribution in [3.05, 3.63) is 29.0 Å². The molecule has 0 aliphatic rings. The summed E-state index contributed by atoms with van der Waals surface area (Å²) in [4.78, 5) is 4.39. The molecule has 0 bridgehead atoms. The van der Waals surface area contributed by atoms with Crippen LogP contribution in [0.25, 0.3) is 10.2 Å². The molecule has 0 unspecified atom stereocenters. The molecule has 0 amide bonds. The van der Waals surface area contributed by atoms with Gasteiger partial charge < -0.3 is 5.73 Å². The van der Waals surface area contributed by atoms with Crippen LogP contribution in [0.5, 0.6) is 0 Å². The second-order valence-corrected chi connectivity index (χ2v) is 4.23. The standard InChI is InChI=1S/C10H11FN2S/c11-7-3-4-8-9(6-7)14-10(13-8)2-1-5-12/h3-4,6H,1-2,5,12H2. The second kappa shape index (κ2) is 4.02. The second-order valence-electron chi connectivity index (χ2n) is 3.11. The fourth-order valence-electron chi connectivity index (χ4n) is 1.31. The lowest BCUT2D eigenvalue weighted by atomic mass is 10.3. The van der Waals surface area contributed by atoms with E-state index in [1.165, 1.54) is 12.1 Å². The number of aryl methyl sites for hydroxylation is 1. The zero-order valence-electron chi connectivity index (χ0n) is 7.66. The fraction of sp³-hybridized carbons (Fsp3) is 0.300. The van der Waals surface area contributed by atoms with Gasteiger partial charge in [0.2, 0.25) is 0 Å². The van der Waals surface area contributed by atoms with Gasteiger partial charge in [-0.2, -0.15) is 0 Å². The summed E-state index contributed by atoms with van der Waals surface area (Å²) >= 11 is 1.54. The van der Waals surface area contributed by atoms with E-state index in [-0.39, 0.29) is 5.82 Å². The minimum Gasteiger partial charge on any atom is -0.330 e. The zero-order valence-corrected chi connectivity index (χ0v) is 8.48. The molecule has 1 aromatic carbocycles. The van der Waals surface area contributed by atoms with Crippen molar-refractivity contribution < 1.29 is 4.39 Å². The van der Waals surface area contributed by atoms with E-state index in [4.69, 9.17) is 5.73 Å². The minimum atomic E-state index is -0.202. The predicted molar refractivity (Wildman–Crippen MR) is 57.0 cm³/mol. The maximum atomic E-state index is 12.9. The van der Waals surface area contributed by atoms with Gasteiger partial charge in [-0.1, -0.05) is 0 Å². The molecule has 1 heterocycles. The van der Waals surface area contributed by atoms with Gasteiger partial charge in [0.05, 0.1) is 15.2 Å². The van der Waals surface area contributed by atoms with Crippen LogP contribution in [0.15, 0.2) is 18.2 Å². The van der Waals surface area contributed by atoms with E-state index in [0.717, 1.165) is 28.1 Å². The van der Waals surface area contributed by atoms with E-state index in [9.17, 15) is 4.39 Å². The van der Waals surface area contributed by atoms with Gasteiger partial charge >= 0.3 is 0 Å². The molecule has 2 nitrogen and oxygen atoms in total. The van der Waals surface area contributed by atoms with E-state index < -0.39 is 0 Å². The number of rotatable bonds is 3. The number of benzene rings is 1. The van der Waals surface area contributed by atoms with E-state index in [1.54, 1.807) is 17.4 Å². The first kappa shape index (κ1) is 9.55. The van der Waals surface area contributed by atoms with Crippen LogP contribution in [0.3, 0.4) is 0 Å². The van der Waals surface area contributed by atoms with E-state index in [0.29, 0.717) is 6.54 Å². The Hall–Kier alpha value is -1.000. The molecule has 2 aromatic rings. The summed E-state index contributed by atoms with van der Waals surface area (Å²) < 4.78 is 13.8. The smallest absolute Gasteiger partial charge is 0.124 e. The van der Waals surface area contributed by atoms with Gasteiger partial charge in [0.15, 0.2) is 0 Å². The molecule has 0 aliphatic carbocycles. The quantitative estimate of drug-likeness (QED) is 0.844. The summed E-state index contributed by atoms with van der Waals surface area (Å²) in [7, 11) is 0. The average molecular weight is 210 g/mol. The van der Waals surface area contributed by atoms with Crippen molar-refractivity contribution in [1.29, 1.82) is 0 Å². The number of halogens is 1. The molecule has 0 saturated carbocycles. The number of fused-ring (bicyclic) bond motifs is 1. The van der Waals surface area contributed by atoms with Gasteiger partial charge in [-0.15, -0.1) is 11.3 Å². The first-order valence-corrected chi connectivity index (χ1v) is 5.36. The molecule has 74 valence electrons. The van der Waals surface area contributed by atoms with Crippen molar-refractivity contribution >= 4 is 21.6 Å². The summed E-state index contributed by atoms with van der Waals surface area (Å²) in [6.45, 7) is 0.671. The fourth-order valence-corrected chi connectivity index (χ4v) is 2.34. The van der Waals surface area contributed by atoms with Crippen LogP contribution < -0.4 is 5.73 Å². The Bertz CT molecular complexity index is 439. The van der Waals surface area contributed by atoms with Crippen molar-refractivity contribution in [1.82, 2.24) is 4.98 Å². The normalized spacial score (nSPS) is 11.0. The molecule has 0 fully saturated rings. The van der Waals surface area contributed by atoms with Crippen molar-refractivity contribution in [2.75, 3.05) is 6.54 Å². The predicted octanol–water partition coefficient (Wildman–Crippen LogP) is 2.33. The monoisotopic (exact) mass is 210 g/mol. The Morgan fingerprint density at radius 1 is 1.43 bits per heavy atom. The molecule has 14 heavy (non-hydrogen) atoms. The molecular formula is C10H11FN2S. The minimum absolute atomic E-state index is 0.202. The van der Waals surface area contributed by atoms with Gasteiger partial charge in [0.1, 0.15) is 5.82 Å². The maximum Gasteiger partial charge on any atom is 0.124 e. The van der Waals surface area contributed by atoms with Crippen molar-refractivity contribution in [2.24, 2.45) is 5.73 Å². The third-order valence-electron chi connectivity index (χ3n) is 1.99. The van der Waals surface area contributed by atoms with Gasteiger partial charge in [-0.3, -0.25) is 0 Å². The Balaban J connectivity index is 2.32. The first-order chi connectivity index (χ1) is 6.79. The van der Waals surface area contributed by atoms with Crippen LogP contribution in [0.1, 0.15) is 11.4 Å². The summed E-state index contributed by atoms with van der Waals surface area (Å²) in [5.74, 6) is -0.202. The highest BCUT2D eigenvalue weighted by molar-refractivity contribution is 7.18. The van der Waals surface area contributed by atoms with Crippen LogP contribution in [0.4, 0.5) is 4.39 Å². The van der Waals surface area contributed by atoms with Crippen molar-refractivity contribution in [2.45, 2.75) is 12.8 Å². The van der Waals surface area contributed by atoms with Gasteiger partial charge in [-0.05, 0) is 31.2 Å². The SMILES string of the molecule is NCCCc1nc2ccc(F)cc2s1. The lowest BCUT2D eigenvalue weighted by Crippen LogP contribution is -1.99. The molecule has 2 rings (SSSR count). The van der Waals surface area contributed by atoms with Crippen molar-refractivity contribution in [3.8, 4) is 0 Å². The van der Waals surface area contributed by atoms with Crippen LogP contribution in [-0.4, -0.2) is 11.5 Å². The first-order valence-electron chi connectivity index (χ1n) is 4.54.